The van der Waals surface area contributed by atoms with Crippen LogP contribution < -0.4 is 0 Å². The van der Waals surface area contributed by atoms with Crippen LogP contribution in [0, 0.1) is 0 Å². The molecule has 0 saturated heterocycles. The minimum atomic E-state index is -0.289. The van der Waals surface area contributed by atoms with E-state index in [0.717, 1.165) is 0 Å². The highest BCUT2D eigenvalue weighted by Gasteiger charge is 2.01. The third-order valence-electron chi connectivity index (χ3n) is 0.150. The van der Waals surface area contributed by atoms with E-state index in [1.54, 1.807) is 0 Å². The van der Waals surface area contributed by atoms with Crippen molar-refractivity contribution >= 4 is 56.6 Å². The van der Waals surface area contributed by atoms with Gasteiger partial charge in [-0.15, -0.1) is 6.23 Å². The molecule has 0 spiro atoms. The molecule has 4 heteroatoms. The van der Waals surface area contributed by atoms with Gasteiger partial charge < -0.3 is 0 Å². The zero-order valence-electron chi connectivity index (χ0n) is 3.57. The standard InChI is InChI=1S/C2H6I2S2/c1-6(2,4)5-3/h1-2H3. The fourth-order valence-corrected chi connectivity index (χ4v) is 0. The van der Waals surface area contributed by atoms with Gasteiger partial charge in [-0.1, -0.05) is 0 Å². The van der Waals surface area contributed by atoms with Crippen LogP contribution in [0.15, 0.2) is 0 Å². The van der Waals surface area contributed by atoms with Gasteiger partial charge in [-0.2, -0.15) is 0 Å². The number of hydrogen-bond acceptors (Lipinski definition) is 1. The van der Waals surface area contributed by atoms with Crippen LogP contribution in [-0.2, 0) is 0 Å². The number of halogens is 2. The molecule has 0 heterocycles. The molecule has 0 N–H and O–H groups in total. The first kappa shape index (κ1) is 8.16. The first-order chi connectivity index (χ1) is 2.56. The van der Waals surface area contributed by atoms with Crippen LogP contribution in [0.1, 0.15) is 0 Å². The van der Waals surface area contributed by atoms with Gasteiger partial charge in [-0.3, -0.25) is 0 Å². The van der Waals surface area contributed by atoms with E-state index in [1.165, 1.54) is 0 Å². The van der Waals surface area contributed by atoms with Crippen LogP contribution in [0.3, 0.4) is 0 Å². The molecule has 0 aliphatic carbocycles. The molecule has 0 atom stereocenters. The Labute approximate surface area is 68.1 Å². The second-order valence-electron chi connectivity index (χ2n) is 1.18. The van der Waals surface area contributed by atoms with E-state index in [9.17, 15) is 0 Å². The fraction of sp³-hybridized carbons (Fsp3) is 1.00. The Morgan fingerprint density at radius 1 is 1.50 bits per heavy atom. The Bertz CT molecular complexity index is 39.3. The molecule has 0 rings (SSSR count). The molecule has 0 aromatic heterocycles. The van der Waals surface area contributed by atoms with Gasteiger partial charge in [0.1, 0.15) is 0 Å². The molecular weight excluding hydrogens is 342 g/mol. The van der Waals surface area contributed by atoms with Gasteiger partial charge in [0.15, 0.2) is 0 Å². The highest BCUT2D eigenvalue weighted by molar-refractivity contribution is 14.2. The van der Waals surface area contributed by atoms with Crippen LogP contribution in [0.5, 0.6) is 0 Å². The van der Waals surface area contributed by atoms with E-state index in [0.29, 0.717) is 0 Å². The molecule has 40 valence electrons. The molecule has 0 aliphatic rings. The Hall–Kier alpha value is 2.16. The Morgan fingerprint density at radius 2 is 1.67 bits per heavy atom. The van der Waals surface area contributed by atoms with Crippen LogP contribution >= 0.6 is 56.6 Å². The summed E-state index contributed by atoms with van der Waals surface area (Å²) in [6, 6.07) is 0. The van der Waals surface area contributed by atoms with Crippen molar-refractivity contribution in [1.29, 1.82) is 0 Å². The van der Waals surface area contributed by atoms with Gasteiger partial charge in [-0.05, 0) is 41.7 Å². The fourth-order valence-electron chi connectivity index (χ4n) is 0. The van der Waals surface area contributed by atoms with Crippen molar-refractivity contribution < 1.29 is 0 Å². The molecular formula is C2H6I2S2. The molecule has 0 unspecified atom stereocenters. The van der Waals surface area contributed by atoms with Crippen molar-refractivity contribution in [2.75, 3.05) is 12.5 Å². The summed E-state index contributed by atoms with van der Waals surface area (Å²) >= 11 is 4.82. The quantitative estimate of drug-likeness (QED) is 0.517. The van der Waals surface area contributed by atoms with E-state index >= 15 is 0 Å². The predicted octanol–water partition coefficient (Wildman–Crippen LogP) is 3.40. The van der Waals surface area contributed by atoms with Crippen molar-refractivity contribution in [3.8, 4) is 0 Å². The maximum absolute atomic E-state index is 2.48. The van der Waals surface area contributed by atoms with Crippen molar-refractivity contribution in [3.05, 3.63) is 0 Å². The van der Waals surface area contributed by atoms with E-state index in [4.69, 9.17) is 0 Å². The molecule has 0 saturated carbocycles. The molecule has 6 heavy (non-hydrogen) atoms. The van der Waals surface area contributed by atoms with Crippen LogP contribution in [0.25, 0.3) is 0 Å². The predicted molar refractivity (Wildman–Crippen MR) is 55.1 cm³/mol. The van der Waals surface area contributed by atoms with E-state index in [1.807, 2.05) is 7.97 Å². The summed E-state index contributed by atoms with van der Waals surface area (Å²) in [7, 11) is 1.92. The smallest absolute Gasteiger partial charge is 0.00759 e. The zero-order valence-corrected chi connectivity index (χ0v) is 9.52. The van der Waals surface area contributed by atoms with Crippen LogP contribution in [0.2, 0.25) is 0 Å². The van der Waals surface area contributed by atoms with E-state index in [-0.39, 0.29) is 6.23 Å². The first-order valence-corrected chi connectivity index (χ1v) is 10.2. The number of rotatable bonds is 1. The van der Waals surface area contributed by atoms with Crippen molar-refractivity contribution in [1.82, 2.24) is 0 Å². The van der Waals surface area contributed by atoms with Crippen molar-refractivity contribution in [2.24, 2.45) is 0 Å². The molecule has 0 aliphatic heterocycles. The monoisotopic (exact) mass is 348 g/mol. The van der Waals surface area contributed by atoms with Crippen molar-refractivity contribution in [2.45, 2.75) is 0 Å². The maximum atomic E-state index is 2.48. The minimum Gasteiger partial charge on any atom is -0.135 e. The summed E-state index contributed by atoms with van der Waals surface area (Å²) in [6.07, 6.45) is 4.25. The normalized spacial score (nSPS) is 14.7. The third-order valence-corrected chi connectivity index (χ3v) is 17.2. The summed E-state index contributed by atoms with van der Waals surface area (Å²) in [5.74, 6) is 0. The summed E-state index contributed by atoms with van der Waals surface area (Å²) in [4.78, 5) is 0. The molecule has 0 aromatic carbocycles. The summed E-state index contributed by atoms with van der Waals surface area (Å²) in [6.45, 7) is 0. The van der Waals surface area contributed by atoms with Crippen LogP contribution in [0.4, 0.5) is 0 Å². The Balaban J connectivity index is 3.17. The summed E-state index contributed by atoms with van der Waals surface area (Å²) < 4.78 is 0. The lowest BCUT2D eigenvalue weighted by atomic mass is 11.9. The van der Waals surface area contributed by atoms with Gasteiger partial charge in [0, 0.05) is 21.2 Å². The zero-order chi connectivity index (χ0) is 5.21. The molecule has 0 bridgehead atoms. The average Bonchev–Trinajstić information content (AvgIpc) is 1.35. The summed E-state index contributed by atoms with van der Waals surface area (Å²) in [5, 5.41) is 0. The van der Waals surface area contributed by atoms with E-state index in [2.05, 4.69) is 54.9 Å². The molecule has 0 amide bonds. The van der Waals surface area contributed by atoms with Gasteiger partial charge >= 0.3 is 0 Å². The lowest BCUT2D eigenvalue weighted by Crippen LogP contribution is -1.65. The Kier molecular flexibility index (Phi) is 4.40. The second-order valence-corrected chi connectivity index (χ2v) is 18.0. The second kappa shape index (κ2) is 3.24. The number of hydrogen-bond donors (Lipinski definition) is 0. The van der Waals surface area contributed by atoms with Gasteiger partial charge in [-0.25, -0.2) is 0 Å². The minimum absolute atomic E-state index is 0.289. The SMILES string of the molecule is CS(C)(I)SI. The topological polar surface area (TPSA) is 0 Å². The van der Waals surface area contributed by atoms with Gasteiger partial charge in [0.05, 0.1) is 0 Å². The highest BCUT2D eigenvalue weighted by atomic mass is 127. The molecule has 0 fully saturated rings. The van der Waals surface area contributed by atoms with Crippen LogP contribution in [-0.4, -0.2) is 12.5 Å². The molecule has 0 aromatic rings. The van der Waals surface area contributed by atoms with Gasteiger partial charge in [0.2, 0.25) is 0 Å². The lowest BCUT2D eigenvalue weighted by molar-refractivity contribution is 2.35. The molecule has 0 radical (unpaired) electrons. The largest absolute Gasteiger partial charge is 0.135 e. The third kappa shape index (κ3) is 6.16. The lowest BCUT2D eigenvalue weighted by Gasteiger charge is -2.15. The highest BCUT2D eigenvalue weighted by Crippen LogP contribution is 2.64. The molecule has 0 nitrogen and oxygen atoms in total. The maximum Gasteiger partial charge on any atom is 0.00759 e. The van der Waals surface area contributed by atoms with Crippen molar-refractivity contribution in [3.63, 3.8) is 0 Å². The first-order valence-electron chi connectivity index (χ1n) is 1.29. The van der Waals surface area contributed by atoms with Gasteiger partial charge in [0.25, 0.3) is 0 Å². The summed E-state index contributed by atoms with van der Waals surface area (Å²) in [5.41, 5.74) is 0. The Morgan fingerprint density at radius 3 is 1.67 bits per heavy atom. The average molecular weight is 348 g/mol. The van der Waals surface area contributed by atoms with E-state index < -0.39 is 0 Å².